The Morgan fingerprint density at radius 2 is 1.32 bits per heavy atom. The average Bonchev–Trinajstić information content (AvgIpc) is 3.01. The van der Waals surface area contributed by atoms with Crippen LogP contribution in [0.25, 0.3) is 0 Å². The van der Waals surface area contributed by atoms with Gasteiger partial charge in [0.05, 0.1) is 5.69 Å². The molecule has 0 N–H and O–H groups in total. The number of anilines is 2. The largest absolute Gasteiger partial charge is 0.440 e. The minimum atomic E-state index is -0.400. The number of rotatable bonds is 3. The molecular formula is C20H15BrN2O2. The van der Waals surface area contributed by atoms with E-state index < -0.39 is 6.09 Å². The van der Waals surface area contributed by atoms with E-state index in [2.05, 4.69) is 15.9 Å². The smallest absolute Gasteiger partial charge is 0.319 e. The third-order valence-electron chi connectivity index (χ3n) is 4.05. The highest BCUT2D eigenvalue weighted by molar-refractivity contribution is 9.10. The van der Waals surface area contributed by atoms with E-state index in [-0.39, 0.29) is 6.17 Å². The quantitative estimate of drug-likeness (QED) is 0.585. The highest BCUT2D eigenvalue weighted by Gasteiger charge is 2.42. The van der Waals surface area contributed by atoms with Crippen molar-refractivity contribution >= 4 is 33.4 Å². The number of hydrogen-bond donors (Lipinski definition) is 0. The number of carbonyl (C=O) groups is 1. The molecule has 5 heteroatoms. The lowest BCUT2D eigenvalue weighted by molar-refractivity contribution is 0.164. The van der Waals surface area contributed by atoms with E-state index in [0.29, 0.717) is 0 Å². The van der Waals surface area contributed by atoms with E-state index in [1.807, 2.05) is 84.9 Å². The third-order valence-corrected chi connectivity index (χ3v) is 4.58. The second-order valence-electron chi connectivity index (χ2n) is 5.65. The molecule has 1 fully saturated rings. The summed E-state index contributed by atoms with van der Waals surface area (Å²) in [5.74, 6) is 0. The minimum Gasteiger partial charge on any atom is -0.319 e. The van der Waals surface area contributed by atoms with Gasteiger partial charge < -0.3 is 4.84 Å². The summed E-state index contributed by atoms with van der Waals surface area (Å²) in [5.41, 5.74) is 2.57. The predicted octanol–water partition coefficient (Wildman–Crippen LogP) is 5.53. The van der Waals surface area contributed by atoms with E-state index >= 15 is 0 Å². The number of carbonyl (C=O) groups excluding carboxylic acids is 1. The van der Waals surface area contributed by atoms with E-state index in [1.165, 1.54) is 0 Å². The molecule has 1 heterocycles. The highest BCUT2D eigenvalue weighted by atomic mass is 79.9. The van der Waals surface area contributed by atoms with Crippen molar-refractivity contribution in [3.63, 3.8) is 0 Å². The lowest BCUT2D eigenvalue weighted by atomic mass is 10.1. The van der Waals surface area contributed by atoms with Gasteiger partial charge in [0.2, 0.25) is 0 Å². The molecule has 1 amide bonds. The fourth-order valence-electron chi connectivity index (χ4n) is 2.91. The maximum absolute atomic E-state index is 12.7. The zero-order valence-electron chi connectivity index (χ0n) is 13.2. The molecule has 25 heavy (non-hydrogen) atoms. The summed E-state index contributed by atoms with van der Waals surface area (Å²) < 4.78 is 0.985. The van der Waals surface area contributed by atoms with E-state index in [1.54, 1.807) is 9.96 Å². The molecule has 0 aliphatic carbocycles. The first kappa shape index (κ1) is 15.7. The molecule has 124 valence electrons. The van der Waals surface area contributed by atoms with Crippen LogP contribution in [0.15, 0.2) is 89.4 Å². The number of benzene rings is 3. The van der Waals surface area contributed by atoms with Crippen LogP contribution in [0.2, 0.25) is 0 Å². The molecule has 0 radical (unpaired) electrons. The summed E-state index contributed by atoms with van der Waals surface area (Å²) in [7, 11) is 0. The van der Waals surface area contributed by atoms with Crippen molar-refractivity contribution < 1.29 is 9.63 Å². The number of hydrogen-bond acceptors (Lipinski definition) is 3. The average molecular weight is 395 g/mol. The number of hydroxylamine groups is 1. The Bertz CT molecular complexity index is 869. The Hall–Kier alpha value is -2.79. The fourth-order valence-corrected chi connectivity index (χ4v) is 3.17. The van der Waals surface area contributed by atoms with Crippen LogP contribution in [-0.2, 0) is 4.84 Å². The molecule has 1 aliphatic rings. The number of amides is 1. The summed E-state index contributed by atoms with van der Waals surface area (Å²) in [6.07, 6.45) is -0.784. The molecule has 1 atom stereocenters. The molecule has 4 nitrogen and oxygen atoms in total. The van der Waals surface area contributed by atoms with Gasteiger partial charge in [-0.25, -0.2) is 9.69 Å². The number of para-hydroxylation sites is 2. The van der Waals surface area contributed by atoms with Gasteiger partial charge >= 0.3 is 6.09 Å². The van der Waals surface area contributed by atoms with Crippen LogP contribution in [0.1, 0.15) is 11.7 Å². The van der Waals surface area contributed by atoms with E-state index in [9.17, 15) is 4.79 Å². The summed E-state index contributed by atoms with van der Waals surface area (Å²) in [5, 5.41) is 1.65. The van der Waals surface area contributed by atoms with Gasteiger partial charge in [0.15, 0.2) is 6.17 Å². The molecule has 0 bridgehead atoms. The normalized spacial score (nSPS) is 16.8. The van der Waals surface area contributed by atoms with Crippen molar-refractivity contribution in [3.05, 3.63) is 95.0 Å². The summed E-state index contributed by atoms with van der Waals surface area (Å²) in [6, 6.07) is 27.1. The number of halogens is 1. The lowest BCUT2D eigenvalue weighted by Crippen LogP contribution is -2.31. The van der Waals surface area contributed by atoms with Gasteiger partial charge in [0, 0.05) is 10.2 Å². The summed E-state index contributed by atoms with van der Waals surface area (Å²) in [4.78, 5) is 19.9. The maximum Gasteiger partial charge on any atom is 0.440 e. The van der Waals surface area contributed by atoms with Crippen LogP contribution in [0, 0.1) is 0 Å². The first-order chi connectivity index (χ1) is 12.2. The van der Waals surface area contributed by atoms with Crippen LogP contribution in [0.4, 0.5) is 16.2 Å². The van der Waals surface area contributed by atoms with Crippen LogP contribution < -0.4 is 9.96 Å². The van der Waals surface area contributed by atoms with E-state index in [0.717, 1.165) is 21.4 Å². The van der Waals surface area contributed by atoms with Crippen molar-refractivity contribution in [1.82, 2.24) is 0 Å². The maximum atomic E-state index is 12.7. The monoisotopic (exact) mass is 394 g/mol. The molecule has 0 aromatic heterocycles. The Labute approximate surface area is 154 Å². The molecule has 3 aromatic rings. The predicted molar refractivity (Wildman–Crippen MR) is 101 cm³/mol. The van der Waals surface area contributed by atoms with Crippen LogP contribution >= 0.6 is 15.9 Å². The molecule has 1 saturated heterocycles. The topological polar surface area (TPSA) is 32.8 Å². The second kappa shape index (κ2) is 6.61. The van der Waals surface area contributed by atoms with Crippen molar-refractivity contribution in [2.75, 3.05) is 9.96 Å². The molecule has 3 aromatic carbocycles. The molecule has 4 rings (SSSR count). The minimum absolute atomic E-state index is 0.384. The van der Waals surface area contributed by atoms with Gasteiger partial charge in [0.25, 0.3) is 0 Å². The zero-order chi connectivity index (χ0) is 17.2. The fraction of sp³-hybridized carbons (Fsp3) is 0.0500. The zero-order valence-corrected chi connectivity index (χ0v) is 14.8. The van der Waals surface area contributed by atoms with Gasteiger partial charge in [0.1, 0.15) is 0 Å². The molecule has 0 saturated carbocycles. The van der Waals surface area contributed by atoms with Gasteiger partial charge in [-0.3, -0.25) is 0 Å². The first-order valence-corrected chi connectivity index (χ1v) is 8.69. The highest BCUT2D eigenvalue weighted by Crippen LogP contribution is 2.39. The molecular weight excluding hydrogens is 380 g/mol. The summed E-state index contributed by atoms with van der Waals surface area (Å²) >= 11 is 3.46. The van der Waals surface area contributed by atoms with Gasteiger partial charge in [-0.2, -0.15) is 5.06 Å². The van der Waals surface area contributed by atoms with Gasteiger partial charge in [-0.05, 0) is 42.0 Å². The van der Waals surface area contributed by atoms with Crippen LogP contribution in [0.5, 0.6) is 0 Å². The van der Waals surface area contributed by atoms with Crippen molar-refractivity contribution in [3.8, 4) is 0 Å². The Kier molecular flexibility index (Phi) is 4.15. The second-order valence-corrected chi connectivity index (χ2v) is 6.56. The summed E-state index contributed by atoms with van der Waals surface area (Å²) in [6.45, 7) is 0. The van der Waals surface area contributed by atoms with Crippen molar-refractivity contribution in [2.45, 2.75) is 6.17 Å². The van der Waals surface area contributed by atoms with Crippen molar-refractivity contribution in [2.24, 2.45) is 0 Å². The molecule has 1 aliphatic heterocycles. The molecule has 0 unspecified atom stereocenters. The Morgan fingerprint density at radius 3 is 1.92 bits per heavy atom. The SMILES string of the molecule is O=C1ON(c2ccccc2)[C@H](c2ccc(Br)cc2)N1c1ccccc1. The Morgan fingerprint density at radius 1 is 0.760 bits per heavy atom. The van der Waals surface area contributed by atoms with Gasteiger partial charge in [-0.15, -0.1) is 0 Å². The Balaban J connectivity index is 1.83. The standard InChI is InChI=1S/C20H15BrN2O2/c21-16-13-11-15(12-14-16)19-22(17-7-3-1-4-8-17)20(24)25-23(19)18-9-5-2-6-10-18/h1-14,19H/t19-/m1/s1. The third kappa shape index (κ3) is 2.98. The van der Waals surface area contributed by atoms with Crippen molar-refractivity contribution in [1.29, 1.82) is 0 Å². The van der Waals surface area contributed by atoms with E-state index in [4.69, 9.17) is 4.84 Å². The number of nitrogens with zero attached hydrogens (tertiary/aromatic N) is 2. The molecule has 0 spiro atoms. The lowest BCUT2D eigenvalue weighted by Gasteiger charge is -2.27. The van der Waals surface area contributed by atoms with Crippen LogP contribution in [-0.4, -0.2) is 6.09 Å². The van der Waals surface area contributed by atoms with Crippen LogP contribution in [0.3, 0.4) is 0 Å². The van der Waals surface area contributed by atoms with Gasteiger partial charge in [-0.1, -0.05) is 64.5 Å². The first-order valence-electron chi connectivity index (χ1n) is 7.90.